The van der Waals surface area contributed by atoms with Crippen molar-refractivity contribution in [2.45, 2.75) is 19.4 Å². The van der Waals surface area contributed by atoms with Gasteiger partial charge < -0.3 is 15.0 Å². The van der Waals surface area contributed by atoms with Crippen LogP contribution in [-0.2, 0) is 16.1 Å². The first kappa shape index (κ1) is 17.7. The quantitative estimate of drug-likeness (QED) is 0.814. The zero-order chi connectivity index (χ0) is 18.4. The molecular formula is C21H22N2O3. The van der Waals surface area contributed by atoms with Crippen molar-refractivity contribution in [2.24, 2.45) is 0 Å². The Morgan fingerprint density at radius 1 is 1.23 bits per heavy atom. The van der Waals surface area contributed by atoms with Crippen molar-refractivity contribution < 1.29 is 14.3 Å². The van der Waals surface area contributed by atoms with Crippen LogP contribution in [0, 0.1) is 0 Å². The van der Waals surface area contributed by atoms with Gasteiger partial charge in [0, 0.05) is 31.3 Å². The molecule has 3 rings (SSSR count). The van der Waals surface area contributed by atoms with E-state index in [4.69, 9.17) is 4.74 Å². The van der Waals surface area contributed by atoms with E-state index in [9.17, 15) is 9.59 Å². The van der Waals surface area contributed by atoms with Crippen molar-refractivity contribution in [3.63, 3.8) is 0 Å². The van der Waals surface area contributed by atoms with Gasteiger partial charge in [0.25, 0.3) is 0 Å². The lowest BCUT2D eigenvalue weighted by atomic mass is 10.2. The van der Waals surface area contributed by atoms with Gasteiger partial charge in [-0.05, 0) is 47.9 Å². The van der Waals surface area contributed by atoms with Crippen LogP contribution in [0.5, 0.6) is 5.75 Å². The fraction of sp³-hybridized carbons (Fsp3) is 0.238. The zero-order valence-corrected chi connectivity index (χ0v) is 14.8. The fourth-order valence-corrected chi connectivity index (χ4v) is 2.89. The minimum atomic E-state index is -0.161. The van der Waals surface area contributed by atoms with Gasteiger partial charge in [-0.3, -0.25) is 9.59 Å². The first-order chi connectivity index (χ1) is 12.7. The lowest BCUT2D eigenvalue weighted by molar-refractivity contribution is -0.117. The molecular weight excluding hydrogens is 328 g/mol. The van der Waals surface area contributed by atoms with Gasteiger partial charge in [0.1, 0.15) is 5.75 Å². The zero-order valence-electron chi connectivity index (χ0n) is 14.8. The molecule has 1 aliphatic heterocycles. The number of hydrogen-bond acceptors (Lipinski definition) is 3. The van der Waals surface area contributed by atoms with Crippen molar-refractivity contribution in [1.82, 2.24) is 5.32 Å². The van der Waals surface area contributed by atoms with Crippen LogP contribution in [0.3, 0.4) is 0 Å². The molecule has 5 nitrogen and oxygen atoms in total. The number of hydrogen-bond donors (Lipinski definition) is 1. The number of anilines is 1. The summed E-state index contributed by atoms with van der Waals surface area (Å²) in [6.45, 7) is 1.22. The fourth-order valence-electron chi connectivity index (χ4n) is 2.89. The largest absolute Gasteiger partial charge is 0.497 e. The average Bonchev–Trinajstić information content (AvgIpc) is 3.11. The topological polar surface area (TPSA) is 58.6 Å². The normalized spacial score (nSPS) is 14.0. The highest BCUT2D eigenvalue weighted by Crippen LogP contribution is 2.21. The van der Waals surface area contributed by atoms with Crippen molar-refractivity contribution in [3.05, 3.63) is 65.7 Å². The Bertz CT molecular complexity index is 812. The second-order valence-electron chi connectivity index (χ2n) is 6.14. The standard InChI is InChI=1S/C21H22N2O3/c1-26-19-5-2-4-17(14-19)15-22-20(24)12-9-16-7-10-18(11-8-16)23-13-3-6-21(23)25/h2,4-5,7-12,14H,3,6,13,15H2,1H3,(H,22,24)/b12-9+. The lowest BCUT2D eigenvalue weighted by Crippen LogP contribution is -2.23. The Kier molecular flexibility index (Phi) is 5.69. The molecule has 0 aromatic heterocycles. The van der Waals surface area contributed by atoms with E-state index < -0.39 is 0 Å². The molecule has 0 saturated carbocycles. The van der Waals surface area contributed by atoms with Crippen molar-refractivity contribution in [3.8, 4) is 5.75 Å². The minimum Gasteiger partial charge on any atom is -0.497 e. The summed E-state index contributed by atoms with van der Waals surface area (Å²) in [5.74, 6) is 0.778. The predicted molar refractivity (Wildman–Crippen MR) is 102 cm³/mol. The van der Waals surface area contributed by atoms with Gasteiger partial charge in [0.2, 0.25) is 11.8 Å². The summed E-state index contributed by atoms with van der Waals surface area (Å²) in [5.41, 5.74) is 2.80. The Labute approximate surface area is 153 Å². The molecule has 1 saturated heterocycles. The molecule has 5 heteroatoms. The monoisotopic (exact) mass is 350 g/mol. The predicted octanol–water partition coefficient (Wildman–Crippen LogP) is 3.15. The van der Waals surface area contributed by atoms with E-state index >= 15 is 0 Å². The molecule has 0 aliphatic carbocycles. The summed E-state index contributed by atoms with van der Waals surface area (Å²) < 4.78 is 5.17. The number of carbonyl (C=O) groups is 2. The van der Waals surface area contributed by atoms with E-state index in [2.05, 4.69) is 5.32 Å². The van der Waals surface area contributed by atoms with Crippen LogP contribution >= 0.6 is 0 Å². The number of methoxy groups -OCH3 is 1. The molecule has 2 aromatic carbocycles. The number of carbonyl (C=O) groups excluding carboxylic acids is 2. The van der Waals surface area contributed by atoms with Gasteiger partial charge in [-0.15, -0.1) is 0 Å². The summed E-state index contributed by atoms with van der Waals surface area (Å²) in [4.78, 5) is 25.5. The van der Waals surface area contributed by atoms with Crippen LogP contribution < -0.4 is 15.0 Å². The lowest BCUT2D eigenvalue weighted by Gasteiger charge is -2.15. The highest BCUT2D eigenvalue weighted by Gasteiger charge is 2.21. The van der Waals surface area contributed by atoms with Crippen LogP contribution in [0.15, 0.2) is 54.6 Å². The molecule has 2 aromatic rings. The number of nitrogens with zero attached hydrogens (tertiary/aromatic N) is 1. The first-order valence-corrected chi connectivity index (χ1v) is 8.65. The molecule has 0 bridgehead atoms. The third-order valence-corrected chi connectivity index (χ3v) is 4.31. The molecule has 1 fully saturated rings. The minimum absolute atomic E-state index is 0.161. The summed E-state index contributed by atoms with van der Waals surface area (Å²) in [6, 6.07) is 15.2. The van der Waals surface area contributed by atoms with Gasteiger partial charge in [0.15, 0.2) is 0 Å². The maximum absolute atomic E-state index is 12.0. The number of nitrogens with one attached hydrogen (secondary N) is 1. The van der Waals surface area contributed by atoms with Gasteiger partial charge in [-0.2, -0.15) is 0 Å². The summed E-state index contributed by atoms with van der Waals surface area (Å²) >= 11 is 0. The Morgan fingerprint density at radius 3 is 2.73 bits per heavy atom. The Balaban J connectivity index is 1.53. The SMILES string of the molecule is COc1cccc(CNC(=O)/C=C/c2ccc(N3CCCC3=O)cc2)c1. The molecule has 0 spiro atoms. The molecule has 1 aliphatic rings. The van der Waals surface area contributed by atoms with Crippen LogP contribution in [0.4, 0.5) is 5.69 Å². The number of amides is 2. The third-order valence-electron chi connectivity index (χ3n) is 4.31. The average molecular weight is 350 g/mol. The summed E-state index contributed by atoms with van der Waals surface area (Å²) in [6.07, 6.45) is 4.80. The van der Waals surface area contributed by atoms with Crippen LogP contribution in [0.2, 0.25) is 0 Å². The molecule has 1 heterocycles. The molecule has 26 heavy (non-hydrogen) atoms. The second kappa shape index (κ2) is 8.34. The smallest absolute Gasteiger partial charge is 0.244 e. The molecule has 0 radical (unpaired) electrons. The Morgan fingerprint density at radius 2 is 2.04 bits per heavy atom. The molecule has 0 unspecified atom stereocenters. The Hall–Kier alpha value is -3.08. The maximum Gasteiger partial charge on any atom is 0.244 e. The van der Waals surface area contributed by atoms with Crippen LogP contribution in [0.1, 0.15) is 24.0 Å². The van der Waals surface area contributed by atoms with Gasteiger partial charge >= 0.3 is 0 Å². The highest BCUT2D eigenvalue weighted by molar-refractivity contribution is 5.95. The van der Waals surface area contributed by atoms with E-state index in [1.165, 1.54) is 6.08 Å². The van der Waals surface area contributed by atoms with E-state index in [0.29, 0.717) is 13.0 Å². The van der Waals surface area contributed by atoms with Crippen LogP contribution in [0.25, 0.3) is 6.08 Å². The first-order valence-electron chi connectivity index (χ1n) is 8.65. The number of ether oxygens (including phenoxy) is 1. The van der Waals surface area contributed by atoms with Gasteiger partial charge in [-0.25, -0.2) is 0 Å². The number of rotatable bonds is 6. The van der Waals surface area contributed by atoms with Gasteiger partial charge in [0.05, 0.1) is 7.11 Å². The maximum atomic E-state index is 12.0. The summed E-state index contributed by atoms with van der Waals surface area (Å²) in [7, 11) is 1.62. The molecule has 2 amide bonds. The van der Waals surface area contributed by atoms with Crippen molar-refractivity contribution >= 4 is 23.6 Å². The van der Waals surface area contributed by atoms with E-state index in [0.717, 1.165) is 35.5 Å². The molecule has 134 valence electrons. The summed E-state index contributed by atoms with van der Waals surface area (Å²) in [5, 5.41) is 2.85. The van der Waals surface area contributed by atoms with E-state index in [1.807, 2.05) is 48.5 Å². The van der Waals surface area contributed by atoms with E-state index in [1.54, 1.807) is 18.1 Å². The van der Waals surface area contributed by atoms with Crippen LogP contribution in [-0.4, -0.2) is 25.5 Å². The number of benzene rings is 2. The van der Waals surface area contributed by atoms with Gasteiger partial charge in [-0.1, -0.05) is 24.3 Å². The van der Waals surface area contributed by atoms with E-state index in [-0.39, 0.29) is 11.8 Å². The highest BCUT2D eigenvalue weighted by atomic mass is 16.5. The second-order valence-corrected chi connectivity index (χ2v) is 6.14. The van der Waals surface area contributed by atoms with Crippen molar-refractivity contribution in [2.75, 3.05) is 18.6 Å². The molecule has 0 atom stereocenters. The molecule has 1 N–H and O–H groups in total. The van der Waals surface area contributed by atoms with Crippen molar-refractivity contribution in [1.29, 1.82) is 0 Å². The third kappa shape index (κ3) is 4.51.